The SMILES string of the molecule is CCCCCCCCCCCCCCCCSOCC(COSCCCCCCCCCCCCCCCC)CO[C@H]1O[C@H](C(O)C(C)=O)[C@](O)(C(C)=O)[C@@](O)(C(C)=O)[C@]1(O)C(C)=O. The zero-order chi connectivity index (χ0) is 47.7. The summed E-state index contributed by atoms with van der Waals surface area (Å²) in [6, 6.07) is 0. The van der Waals surface area contributed by atoms with E-state index in [1.165, 1.54) is 178 Å². The second-order valence-corrected chi connectivity index (χ2v) is 20.2. The normalized spacial score (nSPS) is 22.9. The first-order valence-electron chi connectivity index (χ1n) is 25.3. The summed E-state index contributed by atoms with van der Waals surface area (Å²) in [6.45, 7) is 7.87. The van der Waals surface area contributed by atoms with Crippen LogP contribution in [-0.2, 0) is 37.0 Å². The minimum absolute atomic E-state index is 0.141. The highest BCUT2D eigenvalue weighted by atomic mass is 32.2. The van der Waals surface area contributed by atoms with Gasteiger partial charge in [0.2, 0.25) is 11.2 Å². The molecule has 1 aliphatic rings. The topological polar surface area (TPSA) is 186 Å². The molecule has 6 atom stereocenters. The minimum atomic E-state index is -3.56. The fraction of sp³-hybridized carbons (Fsp3) is 0.920. The molecule has 376 valence electrons. The lowest BCUT2D eigenvalue weighted by atomic mass is 9.60. The predicted octanol–water partition coefficient (Wildman–Crippen LogP) is 10.5. The molecule has 0 aromatic heterocycles. The van der Waals surface area contributed by atoms with Gasteiger partial charge in [0.25, 0.3) is 0 Å². The molecule has 1 fully saturated rings. The van der Waals surface area contributed by atoms with Crippen molar-refractivity contribution in [3.63, 3.8) is 0 Å². The van der Waals surface area contributed by atoms with E-state index >= 15 is 0 Å². The van der Waals surface area contributed by atoms with E-state index in [9.17, 15) is 39.6 Å². The van der Waals surface area contributed by atoms with Gasteiger partial charge < -0.3 is 38.3 Å². The fourth-order valence-electron chi connectivity index (χ4n) is 8.57. The van der Waals surface area contributed by atoms with E-state index in [-0.39, 0.29) is 19.8 Å². The number of Topliss-reactive ketones (excluding diaryl/α,β-unsaturated/α-hetero) is 4. The van der Waals surface area contributed by atoms with Crippen molar-refractivity contribution in [2.45, 2.75) is 257 Å². The van der Waals surface area contributed by atoms with Crippen LogP contribution in [0.4, 0.5) is 0 Å². The third kappa shape index (κ3) is 21.1. The summed E-state index contributed by atoms with van der Waals surface area (Å²) in [5.74, 6) is -3.83. The van der Waals surface area contributed by atoms with Crippen molar-refractivity contribution >= 4 is 47.2 Å². The Morgan fingerprint density at radius 3 is 1.12 bits per heavy atom. The molecule has 0 spiro atoms. The molecule has 0 aromatic rings. The van der Waals surface area contributed by atoms with Crippen LogP contribution >= 0.6 is 24.1 Å². The van der Waals surface area contributed by atoms with E-state index in [0.717, 1.165) is 64.9 Å². The lowest BCUT2D eigenvalue weighted by Gasteiger charge is -2.58. The Bertz CT molecular complexity index is 1220. The van der Waals surface area contributed by atoms with Gasteiger partial charge in [-0.25, -0.2) is 0 Å². The molecule has 4 N–H and O–H groups in total. The summed E-state index contributed by atoms with van der Waals surface area (Å²) in [7, 11) is 0. The molecule has 0 radical (unpaired) electrons. The average molecular weight is 949 g/mol. The highest BCUT2D eigenvalue weighted by Crippen LogP contribution is 2.48. The first kappa shape index (κ1) is 61.1. The molecule has 1 saturated heterocycles. The van der Waals surface area contributed by atoms with Crippen LogP contribution in [0.25, 0.3) is 0 Å². The van der Waals surface area contributed by atoms with E-state index < -0.39 is 64.4 Å². The zero-order valence-corrected chi connectivity index (χ0v) is 42.6. The number of rotatable bonds is 44. The molecule has 1 unspecified atom stereocenters. The molecule has 1 rings (SSSR count). The van der Waals surface area contributed by atoms with Gasteiger partial charge in [0.1, 0.15) is 12.2 Å². The second-order valence-electron chi connectivity index (χ2n) is 18.5. The van der Waals surface area contributed by atoms with Crippen molar-refractivity contribution in [1.82, 2.24) is 0 Å². The van der Waals surface area contributed by atoms with Crippen molar-refractivity contribution in [2.75, 3.05) is 31.3 Å². The maximum atomic E-state index is 13.2. The molecule has 0 amide bonds. The Morgan fingerprint density at radius 1 is 0.500 bits per heavy atom. The number of hydrogen-bond donors (Lipinski definition) is 4. The Morgan fingerprint density at radius 2 is 0.828 bits per heavy atom. The first-order chi connectivity index (χ1) is 30.7. The van der Waals surface area contributed by atoms with Gasteiger partial charge in [-0.15, -0.1) is 0 Å². The van der Waals surface area contributed by atoms with Crippen LogP contribution in [0.5, 0.6) is 0 Å². The molecule has 12 nitrogen and oxygen atoms in total. The lowest BCUT2D eigenvalue weighted by Crippen LogP contribution is -2.87. The smallest absolute Gasteiger partial charge is 0.213 e. The minimum Gasteiger partial charge on any atom is -0.382 e. The molecule has 0 saturated carbocycles. The van der Waals surface area contributed by atoms with Crippen LogP contribution in [0, 0.1) is 5.92 Å². The van der Waals surface area contributed by atoms with Crippen molar-refractivity contribution in [2.24, 2.45) is 5.92 Å². The Balaban J connectivity index is 2.75. The van der Waals surface area contributed by atoms with Crippen LogP contribution in [0.15, 0.2) is 0 Å². The molecular formula is C50H92O12S2. The van der Waals surface area contributed by atoms with Gasteiger partial charge in [0.05, 0.1) is 19.8 Å². The molecule has 64 heavy (non-hydrogen) atoms. The zero-order valence-electron chi connectivity index (χ0n) is 41.0. The predicted molar refractivity (Wildman–Crippen MR) is 259 cm³/mol. The van der Waals surface area contributed by atoms with Crippen LogP contribution < -0.4 is 0 Å². The van der Waals surface area contributed by atoms with Gasteiger partial charge >= 0.3 is 0 Å². The summed E-state index contributed by atoms with van der Waals surface area (Å²) in [4.78, 5) is 51.6. The van der Waals surface area contributed by atoms with Gasteiger partial charge in [-0.3, -0.25) is 19.2 Å². The highest BCUT2D eigenvalue weighted by Gasteiger charge is 2.79. The van der Waals surface area contributed by atoms with Gasteiger partial charge in [-0.2, -0.15) is 0 Å². The maximum absolute atomic E-state index is 13.2. The summed E-state index contributed by atoms with van der Waals surface area (Å²) in [5.41, 5.74) is -10.3. The van der Waals surface area contributed by atoms with E-state index in [1.807, 2.05) is 0 Å². The number of carbonyl (C=O) groups is 4. The van der Waals surface area contributed by atoms with E-state index in [4.69, 9.17) is 17.8 Å². The highest BCUT2D eigenvalue weighted by molar-refractivity contribution is 7.94. The molecular weight excluding hydrogens is 857 g/mol. The van der Waals surface area contributed by atoms with E-state index in [1.54, 1.807) is 0 Å². The third-order valence-corrected chi connectivity index (χ3v) is 14.3. The number of unbranched alkanes of at least 4 members (excludes halogenated alkanes) is 26. The monoisotopic (exact) mass is 949 g/mol. The molecule has 0 aliphatic carbocycles. The van der Waals surface area contributed by atoms with Crippen molar-refractivity contribution < 1.29 is 57.4 Å². The molecule has 0 bridgehead atoms. The number of aliphatic hydroxyl groups excluding tert-OH is 1. The maximum Gasteiger partial charge on any atom is 0.213 e. The number of ketones is 4. The van der Waals surface area contributed by atoms with Crippen molar-refractivity contribution in [1.29, 1.82) is 0 Å². The summed E-state index contributed by atoms with van der Waals surface area (Å²) >= 11 is 2.67. The van der Waals surface area contributed by atoms with Crippen molar-refractivity contribution in [3.8, 4) is 0 Å². The summed E-state index contributed by atoms with van der Waals surface area (Å²) in [6.07, 6.45) is 29.1. The molecule has 14 heteroatoms. The number of ether oxygens (including phenoxy) is 2. The average Bonchev–Trinajstić information content (AvgIpc) is 3.26. The Kier molecular flexibility index (Phi) is 34.4. The molecule has 1 heterocycles. The number of aliphatic hydroxyl groups is 4. The van der Waals surface area contributed by atoms with E-state index in [2.05, 4.69) is 13.8 Å². The van der Waals surface area contributed by atoms with Gasteiger partial charge in [-0.05, 0) is 64.6 Å². The van der Waals surface area contributed by atoms with Gasteiger partial charge in [-0.1, -0.05) is 181 Å². The largest absolute Gasteiger partial charge is 0.382 e. The number of hydrogen-bond acceptors (Lipinski definition) is 14. The first-order valence-corrected chi connectivity index (χ1v) is 27.1. The fourth-order valence-corrected chi connectivity index (χ4v) is 10.0. The summed E-state index contributed by atoms with van der Waals surface area (Å²) in [5, 5.41) is 46.2. The number of carbonyl (C=O) groups excluding carboxylic acids is 4. The second kappa shape index (κ2) is 36.1. The Labute approximate surface area is 397 Å². The van der Waals surface area contributed by atoms with Crippen LogP contribution in [0.3, 0.4) is 0 Å². The Hall–Kier alpha value is -0.940. The van der Waals surface area contributed by atoms with Gasteiger partial charge in [0.15, 0.2) is 35.0 Å². The van der Waals surface area contributed by atoms with Gasteiger partial charge in [0, 0.05) is 17.4 Å². The lowest BCUT2D eigenvalue weighted by molar-refractivity contribution is -0.374. The van der Waals surface area contributed by atoms with E-state index in [0.29, 0.717) is 0 Å². The molecule has 0 aromatic carbocycles. The third-order valence-electron chi connectivity index (χ3n) is 12.8. The quantitative estimate of drug-likeness (QED) is 0.0334. The molecule has 1 aliphatic heterocycles. The van der Waals surface area contributed by atoms with Crippen LogP contribution in [-0.4, -0.2) is 110 Å². The van der Waals surface area contributed by atoms with Crippen LogP contribution in [0.1, 0.15) is 221 Å². The van der Waals surface area contributed by atoms with Crippen molar-refractivity contribution in [3.05, 3.63) is 0 Å². The van der Waals surface area contributed by atoms with Crippen LogP contribution in [0.2, 0.25) is 0 Å². The summed E-state index contributed by atoms with van der Waals surface area (Å²) < 4.78 is 23.6. The standard InChI is InChI=1S/C50H92O12S2/c1-7-9-11-13-15-17-19-21-23-25-27-29-31-33-35-63-60-38-44(39-61-64-36-34-32-30-28-26-24-22-20-18-16-14-12-10-8-2)37-59-47-49(57,42(5)53)50(58,43(6)54)48(56,41(4)52)46(62-47)45(55)40(3)51/h44-47,55-58H,7-39H2,1-6H3/t45?,46-,47+,48-,49+,50+/m1/s1.